The van der Waals surface area contributed by atoms with Gasteiger partial charge in [-0.05, 0) is 38.4 Å². The lowest BCUT2D eigenvalue weighted by Gasteiger charge is -2.33. The summed E-state index contributed by atoms with van der Waals surface area (Å²) in [7, 11) is 0. The van der Waals surface area contributed by atoms with Crippen LogP contribution in [0.15, 0.2) is 23.1 Å². The Kier molecular flexibility index (Phi) is 5.19. The topological polar surface area (TPSA) is 61.1 Å². The van der Waals surface area contributed by atoms with Gasteiger partial charge in [-0.15, -0.1) is 0 Å². The predicted octanol–water partition coefficient (Wildman–Crippen LogP) is 1.83. The standard InChI is InChI=1S/C15H22N4O/c1-2-17-14-7-4-11-19(15(14)20)13-6-3-9-18(12-13)10-5-8-16/h4,7,11,13,17H,2-3,5-6,9-10,12H2,1H3/t13-/m1/s1. The smallest absolute Gasteiger partial charge is 0.274 e. The Bertz CT molecular complexity index is 531. The van der Waals surface area contributed by atoms with Gasteiger partial charge in [-0.1, -0.05) is 0 Å². The average molecular weight is 274 g/mol. The Morgan fingerprint density at radius 2 is 2.40 bits per heavy atom. The van der Waals surface area contributed by atoms with Crippen molar-refractivity contribution in [3.8, 4) is 6.07 Å². The molecule has 1 aromatic rings. The van der Waals surface area contributed by atoms with Crippen LogP contribution in [0.3, 0.4) is 0 Å². The highest BCUT2D eigenvalue weighted by Crippen LogP contribution is 2.20. The van der Waals surface area contributed by atoms with Crippen molar-refractivity contribution in [2.75, 3.05) is 31.5 Å². The number of nitrogens with zero attached hydrogens (tertiary/aromatic N) is 3. The highest BCUT2D eigenvalue weighted by Gasteiger charge is 2.22. The van der Waals surface area contributed by atoms with Crippen LogP contribution in [0.4, 0.5) is 5.69 Å². The molecule has 1 saturated heterocycles. The zero-order valence-electron chi connectivity index (χ0n) is 12.0. The first-order valence-corrected chi connectivity index (χ1v) is 7.30. The maximum atomic E-state index is 12.4. The van der Waals surface area contributed by atoms with Crippen molar-refractivity contribution in [3.63, 3.8) is 0 Å². The molecule has 0 bridgehead atoms. The summed E-state index contributed by atoms with van der Waals surface area (Å²) in [6.07, 6.45) is 4.53. The van der Waals surface area contributed by atoms with Gasteiger partial charge in [-0.3, -0.25) is 4.79 Å². The van der Waals surface area contributed by atoms with Gasteiger partial charge in [0.15, 0.2) is 0 Å². The monoisotopic (exact) mass is 274 g/mol. The number of hydrogen-bond acceptors (Lipinski definition) is 4. The lowest BCUT2D eigenvalue weighted by atomic mass is 10.0. The molecule has 1 aliphatic heterocycles. The van der Waals surface area contributed by atoms with Gasteiger partial charge in [0.05, 0.1) is 6.07 Å². The van der Waals surface area contributed by atoms with Gasteiger partial charge in [0.1, 0.15) is 5.69 Å². The zero-order valence-corrected chi connectivity index (χ0v) is 12.0. The third-order valence-corrected chi connectivity index (χ3v) is 3.76. The molecule has 1 fully saturated rings. The summed E-state index contributed by atoms with van der Waals surface area (Å²) < 4.78 is 1.84. The normalized spacial score (nSPS) is 19.5. The number of piperidine rings is 1. The molecule has 1 N–H and O–H groups in total. The fourth-order valence-corrected chi connectivity index (χ4v) is 2.79. The number of aromatic nitrogens is 1. The van der Waals surface area contributed by atoms with Gasteiger partial charge in [0.2, 0.25) is 0 Å². The van der Waals surface area contributed by atoms with E-state index in [2.05, 4.69) is 16.3 Å². The molecule has 0 saturated carbocycles. The van der Waals surface area contributed by atoms with E-state index in [1.807, 2.05) is 29.8 Å². The third-order valence-electron chi connectivity index (χ3n) is 3.76. The molecule has 2 rings (SSSR count). The number of nitrogens with one attached hydrogen (secondary N) is 1. The van der Waals surface area contributed by atoms with Crippen LogP contribution < -0.4 is 10.9 Å². The maximum absolute atomic E-state index is 12.4. The summed E-state index contributed by atoms with van der Waals surface area (Å²) in [4.78, 5) is 14.7. The van der Waals surface area contributed by atoms with Gasteiger partial charge in [0.25, 0.3) is 5.56 Å². The van der Waals surface area contributed by atoms with Crippen LogP contribution in [0.5, 0.6) is 0 Å². The Balaban J connectivity index is 2.13. The van der Waals surface area contributed by atoms with Crippen molar-refractivity contribution < 1.29 is 0 Å². The molecule has 108 valence electrons. The van der Waals surface area contributed by atoms with E-state index in [-0.39, 0.29) is 11.6 Å². The van der Waals surface area contributed by atoms with Crippen LogP contribution in [0.2, 0.25) is 0 Å². The molecule has 1 aromatic heterocycles. The van der Waals surface area contributed by atoms with Crippen molar-refractivity contribution in [1.82, 2.24) is 9.47 Å². The van der Waals surface area contributed by atoms with E-state index in [0.717, 1.165) is 39.0 Å². The van der Waals surface area contributed by atoms with E-state index in [4.69, 9.17) is 5.26 Å². The maximum Gasteiger partial charge on any atom is 0.274 e. The van der Waals surface area contributed by atoms with E-state index < -0.39 is 0 Å². The first kappa shape index (κ1) is 14.6. The largest absolute Gasteiger partial charge is 0.381 e. The lowest BCUT2D eigenvalue weighted by molar-refractivity contribution is 0.178. The van der Waals surface area contributed by atoms with Crippen molar-refractivity contribution in [2.24, 2.45) is 0 Å². The molecule has 1 aliphatic rings. The Morgan fingerprint density at radius 1 is 1.55 bits per heavy atom. The van der Waals surface area contributed by atoms with Gasteiger partial charge < -0.3 is 14.8 Å². The molecule has 0 radical (unpaired) electrons. The van der Waals surface area contributed by atoms with Crippen LogP contribution in [0, 0.1) is 11.3 Å². The Labute approximate surface area is 119 Å². The van der Waals surface area contributed by atoms with Gasteiger partial charge in [-0.25, -0.2) is 0 Å². The SMILES string of the molecule is CCNc1cccn([C@@H]2CCCN(CCC#N)C2)c1=O. The predicted molar refractivity (Wildman–Crippen MR) is 79.8 cm³/mol. The summed E-state index contributed by atoms with van der Waals surface area (Å²) in [5, 5.41) is 11.8. The molecule has 0 aliphatic carbocycles. The molecule has 0 spiro atoms. The molecule has 0 unspecified atom stereocenters. The number of rotatable bonds is 5. The third kappa shape index (κ3) is 3.40. The number of likely N-dealkylation sites (tertiary alicyclic amines) is 1. The molecular weight excluding hydrogens is 252 g/mol. The second-order valence-corrected chi connectivity index (χ2v) is 5.17. The van der Waals surface area contributed by atoms with Crippen LogP contribution in [0.25, 0.3) is 0 Å². The van der Waals surface area contributed by atoms with Crippen LogP contribution in [-0.4, -0.2) is 35.6 Å². The summed E-state index contributed by atoms with van der Waals surface area (Å²) in [5.41, 5.74) is 0.727. The van der Waals surface area contributed by atoms with Gasteiger partial charge in [0, 0.05) is 38.3 Å². The Morgan fingerprint density at radius 3 is 3.15 bits per heavy atom. The molecule has 1 atom stereocenters. The van der Waals surface area contributed by atoms with Gasteiger partial charge >= 0.3 is 0 Å². The molecule has 20 heavy (non-hydrogen) atoms. The minimum Gasteiger partial charge on any atom is -0.381 e. The van der Waals surface area contributed by atoms with Crippen LogP contribution in [0.1, 0.15) is 32.2 Å². The fraction of sp³-hybridized carbons (Fsp3) is 0.600. The summed E-state index contributed by atoms with van der Waals surface area (Å²) >= 11 is 0. The van der Waals surface area contributed by atoms with E-state index in [1.54, 1.807) is 0 Å². The molecule has 2 heterocycles. The summed E-state index contributed by atoms with van der Waals surface area (Å²) in [5.74, 6) is 0. The highest BCUT2D eigenvalue weighted by atomic mass is 16.1. The minimum absolute atomic E-state index is 0.0569. The second-order valence-electron chi connectivity index (χ2n) is 5.17. The van der Waals surface area contributed by atoms with Crippen molar-refractivity contribution in [1.29, 1.82) is 5.26 Å². The number of nitriles is 1. The second kappa shape index (κ2) is 7.11. The zero-order chi connectivity index (χ0) is 14.4. The van der Waals surface area contributed by atoms with Crippen LogP contribution in [-0.2, 0) is 0 Å². The first-order valence-electron chi connectivity index (χ1n) is 7.30. The molecule has 5 nitrogen and oxygen atoms in total. The van der Waals surface area contributed by atoms with Crippen molar-refractivity contribution >= 4 is 5.69 Å². The first-order chi connectivity index (χ1) is 9.76. The molecule has 0 aromatic carbocycles. The lowest BCUT2D eigenvalue weighted by Crippen LogP contribution is -2.40. The fourth-order valence-electron chi connectivity index (χ4n) is 2.79. The minimum atomic E-state index is 0.0569. The average Bonchev–Trinajstić information content (AvgIpc) is 2.48. The van der Waals surface area contributed by atoms with Crippen LogP contribution >= 0.6 is 0 Å². The molecule has 5 heteroatoms. The number of hydrogen-bond donors (Lipinski definition) is 1. The molecule has 0 amide bonds. The summed E-state index contributed by atoms with van der Waals surface area (Å²) in [6.45, 7) is 5.42. The van der Waals surface area contributed by atoms with E-state index in [0.29, 0.717) is 12.1 Å². The summed E-state index contributed by atoms with van der Waals surface area (Å²) in [6, 6.07) is 6.16. The van der Waals surface area contributed by atoms with E-state index in [1.165, 1.54) is 0 Å². The van der Waals surface area contributed by atoms with E-state index >= 15 is 0 Å². The molecular formula is C15H22N4O. The van der Waals surface area contributed by atoms with Crippen molar-refractivity contribution in [3.05, 3.63) is 28.7 Å². The van der Waals surface area contributed by atoms with E-state index in [9.17, 15) is 4.79 Å². The van der Waals surface area contributed by atoms with Gasteiger partial charge in [-0.2, -0.15) is 5.26 Å². The number of pyridine rings is 1. The Hall–Kier alpha value is -1.80. The van der Waals surface area contributed by atoms with Crippen molar-refractivity contribution in [2.45, 2.75) is 32.2 Å². The highest BCUT2D eigenvalue weighted by molar-refractivity contribution is 5.40. The quantitative estimate of drug-likeness (QED) is 0.890. The number of anilines is 1.